The van der Waals surface area contributed by atoms with Crippen molar-refractivity contribution in [3.05, 3.63) is 0 Å². The Balaban J connectivity index is 4.23. The molecule has 0 saturated carbocycles. The summed E-state index contributed by atoms with van der Waals surface area (Å²) >= 11 is 0. The van der Waals surface area contributed by atoms with Gasteiger partial charge in [-0.15, -0.1) is 0 Å². The predicted molar refractivity (Wildman–Crippen MR) is 87.1 cm³/mol. The summed E-state index contributed by atoms with van der Waals surface area (Å²) in [6, 6.07) is 0. The third-order valence-electron chi connectivity index (χ3n) is 4.27. The van der Waals surface area contributed by atoms with E-state index in [0.29, 0.717) is 18.8 Å². The molecule has 0 aromatic rings. The SMILES string of the molecule is CCCCCCCC(CC(CC)CCCC)P(=O)(O)O. The van der Waals surface area contributed by atoms with Gasteiger partial charge in [-0.05, 0) is 18.8 Å². The highest BCUT2D eigenvalue weighted by Gasteiger charge is 2.30. The van der Waals surface area contributed by atoms with Crippen LogP contribution in [0.1, 0.15) is 91.4 Å². The first-order valence-corrected chi connectivity index (χ1v) is 10.2. The van der Waals surface area contributed by atoms with E-state index < -0.39 is 13.3 Å². The van der Waals surface area contributed by atoms with Crippen LogP contribution in [0, 0.1) is 5.92 Å². The van der Waals surface area contributed by atoms with Gasteiger partial charge in [-0.3, -0.25) is 4.57 Å². The maximum Gasteiger partial charge on any atom is 0.328 e. The van der Waals surface area contributed by atoms with E-state index in [1.165, 1.54) is 25.7 Å². The predicted octanol–water partition coefficient (Wildman–Crippen LogP) is 5.50. The van der Waals surface area contributed by atoms with E-state index in [9.17, 15) is 14.4 Å². The summed E-state index contributed by atoms with van der Waals surface area (Å²) in [7, 11) is -3.93. The van der Waals surface area contributed by atoms with Crippen LogP contribution in [0.4, 0.5) is 0 Å². The Labute approximate surface area is 125 Å². The van der Waals surface area contributed by atoms with Crippen LogP contribution < -0.4 is 0 Å². The smallest absolute Gasteiger partial charge is 0.324 e. The summed E-state index contributed by atoms with van der Waals surface area (Å²) in [4.78, 5) is 19.1. The normalized spacial score (nSPS) is 15.2. The Hall–Kier alpha value is 0.150. The van der Waals surface area contributed by atoms with Crippen LogP contribution in [0.15, 0.2) is 0 Å². The zero-order valence-electron chi connectivity index (χ0n) is 13.7. The molecule has 0 aromatic carbocycles. The topological polar surface area (TPSA) is 57.5 Å². The molecule has 0 rings (SSSR count). The molecule has 0 aliphatic carbocycles. The number of hydrogen-bond acceptors (Lipinski definition) is 1. The van der Waals surface area contributed by atoms with Gasteiger partial charge in [0.2, 0.25) is 0 Å². The lowest BCUT2D eigenvalue weighted by Gasteiger charge is -2.23. The number of unbranched alkanes of at least 4 members (excludes halogenated alkanes) is 5. The van der Waals surface area contributed by atoms with Crippen molar-refractivity contribution >= 4 is 7.60 Å². The quantitative estimate of drug-likeness (QED) is 0.349. The van der Waals surface area contributed by atoms with Crippen molar-refractivity contribution in [2.24, 2.45) is 5.92 Å². The monoisotopic (exact) mass is 306 g/mol. The van der Waals surface area contributed by atoms with Gasteiger partial charge in [0.05, 0.1) is 5.66 Å². The molecule has 0 aliphatic rings. The fourth-order valence-corrected chi connectivity index (χ4v) is 3.86. The third kappa shape index (κ3) is 9.96. The molecule has 0 spiro atoms. The molecular weight excluding hydrogens is 271 g/mol. The second-order valence-electron chi connectivity index (χ2n) is 6.10. The zero-order chi connectivity index (χ0) is 15.4. The molecule has 122 valence electrons. The van der Waals surface area contributed by atoms with Crippen molar-refractivity contribution in [1.82, 2.24) is 0 Å². The molecule has 0 amide bonds. The zero-order valence-corrected chi connectivity index (χ0v) is 14.6. The first-order chi connectivity index (χ1) is 9.45. The Kier molecular flexibility index (Phi) is 11.9. The Bertz CT molecular complexity index is 262. The van der Waals surface area contributed by atoms with Crippen molar-refractivity contribution < 1.29 is 14.4 Å². The van der Waals surface area contributed by atoms with Crippen LogP contribution in [0.2, 0.25) is 0 Å². The third-order valence-corrected chi connectivity index (χ3v) is 5.69. The van der Waals surface area contributed by atoms with E-state index in [2.05, 4.69) is 20.8 Å². The van der Waals surface area contributed by atoms with Crippen molar-refractivity contribution in [3.8, 4) is 0 Å². The molecule has 2 unspecified atom stereocenters. The van der Waals surface area contributed by atoms with E-state index in [0.717, 1.165) is 32.1 Å². The Morgan fingerprint density at radius 1 is 0.850 bits per heavy atom. The maximum atomic E-state index is 11.7. The lowest BCUT2D eigenvalue weighted by molar-refractivity contribution is 0.324. The largest absolute Gasteiger partial charge is 0.328 e. The van der Waals surface area contributed by atoms with E-state index in [1.807, 2.05) is 0 Å². The van der Waals surface area contributed by atoms with Crippen molar-refractivity contribution in [1.29, 1.82) is 0 Å². The van der Waals surface area contributed by atoms with Crippen LogP contribution in [0.5, 0.6) is 0 Å². The van der Waals surface area contributed by atoms with E-state index in [4.69, 9.17) is 0 Å². The molecule has 20 heavy (non-hydrogen) atoms. The lowest BCUT2D eigenvalue weighted by atomic mass is 9.92. The van der Waals surface area contributed by atoms with Crippen LogP contribution >= 0.6 is 7.60 Å². The minimum atomic E-state index is -3.93. The molecule has 0 aliphatic heterocycles. The highest BCUT2D eigenvalue weighted by Crippen LogP contribution is 2.47. The summed E-state index contributed by atoms with van der Waals surface area (Å²) in [6.07, 6.45) is 11.6. The lowest BCUT2D eigenvalue weighted by Crippen LogP contribution is -2.15. The Morgan fingerprint density at radius 2 is 1.45 bits per heavy atom. The number of rotatable bonds is 13. The molecule has 0 aromatic heterocycles. The van der Waals surface area contributed by atoms with Gasteiger partial charge in [0.1, 0.15) is 0 Å². The minimum absolute atomic E-state index is 0.411. The molecule has 2 N–H and O–H groups in total. The fraction of sp³-hybridized carbons (Fsp3) is 1.00. The van der Waals surface area contributed by atoms with Gasteiger partial charge in [-0.1, -0.05) is 78.6 Å². The average molecular weight is 306 g/mol. The van der Waals surface area contributed by atoms with Gasteiger partial charge in [0.25, 0.3) is 0 Å². The summed E-state index contributed by atoms with van der Waals surface area (Å²) in [5.74, 6) is 0.475. The van der Waals surface area contributed by atoms with Crippen LogP contribution in [0.25, 0.3) is 0 Å². The summed E-state index contributed by atoms with van der Waals surface area (Å²) in [5, 5.41) is 0. The maximum absolute atomic E-state index is 11.7. The summed E-state index contributed by atoms with van der Waals surface area (Å²) in [5.41, 5.74) is -0.411. The second kappa shape index (κ2) is 11.8. The van der Waals surface area contributed by atoms with Gasteiger partial charge < -0.3 is 9.79 Å². The van der Waals surface area contributed by atoms with Crippen LogP contribution in [-0.2, 0) is 4.57 Å². The van der Waals surface area contributed by atoms with Crippen molar-refractivity contribution in [2.45, 2.75) is 97.1 Å². The van der Waals surface area contributed by atoms with Gasteiger partial charge in [0, 0.05) is 0 Å². The van der Waals surface area contributed by atoms with E-state index in [-0.39, 0.29) is 0 Å². The molecule has 4 heteroatoms. The Morgan fingerprint density at radius 3 is 1.95 bits per heavy atom. The fourth-order valence-electron chi connectivity index (χ4n) is 2.77. The van der Waals surface area contributed by atoms with Gasteiger partial charge >= 0.3 is 7.60 Å². The molecule has 0 saturated heterocycles. The second-order valence-corrected chi connectivity index (χ2v) is 8.01. The van der Waals surface area contributed by atoms with E-state index >= 15 is 0 Å². The van der Waals surface area contributed by atoms with Crippen LogP contribution in [-0.4, -0.2) is 15.4 Å². The van der Waals surface area contributed by atoms with Crippen molar-refractivity contribution in [2.75, 3.05) is 0 Å². The minimum Gasteiger partial charge on any atom is -0.324 e. The molecule has 0 radical (unpaired) electrons. The summed E-state index contributed by atoms with van der Waals surface area (Å²) in [6.45, 7) is 6.48. The first-order valence-electron chi connectivity index (χ1n) is 8.50. The number of hydrogen-bond donors (Lipinski definition) is 2. The standard InChI is InChI=1S/C16H35O3P/c1-4-7-9-10-11-13-16(20(17,18)19)14-15(6-3)12-8-5-2/h15-16H,4-14H2,1-3H3,(H2,17,18,19). The summed E-state index contributed by atoms with van der Waals surface area (Å²) < 4.78 is 11.7. The van der Waals surface area contributed by atoms with Crippen LogP contribution in [0.3, 0.4) is 0 Å². The van der Waals surface area contributed by atoms with Crippen molar-refractivity contribution in [3.63, 3.8) is 0 Å². The highest BCUT2D eigenvalue weighted by molar-refractivity contribution is 7.52. The van der Waals surface area contributed by atoms with Gasteiger partial charge in [0.15, 0.2) is 0 Å². The molecule has 0 fully saturated rings. The van der Waals surface area contributed by atoms with E-state index in [1.54, 1.807) is 0 Å². The average Bonchev–Trinajstić information content (AvgIpc) is 2.39. The van der Waals surface area contributed by atoms with Gasteiger partial charge in [-0.2, -0.15) is 0 Å². The molecule has 2 atom stereocenters. The first kappa shape index (κ1) is 20.1. The highest BCUT2D eigenvalue weighted by atomic mass is 31.2. The molecule has 0 bridgehead atoms. The molecular formula is C16H35O3P. The molecule has 0 heterocycles. The van der Waals surface area contributed by atoms with Gasteiger partial charge in [-0.25, -0.2) is 0 Å². The molecule has 3 nitrogen and oxygen atoms in total.